The number of nitrogens with one attached hydrogen (secondary N) is 1. The molecule has 0 aliphatic carbocycles. The molecule has 0 atom stereocenters. The van der Waals surface area contributed by atoms with Crippen LogP contribution in [0.3, 0.4) is 0 Å². The molecule has 2 aliphatic heterocycles. The number of benzene rings is 1. The van der Waals surface area contributed by atoms with Gasteiger partial charge in [-0.15, -0.1) is 11.3 Å². The number of amides is 3. The summed E-state index contributed by atoms with van der Waals surface area (Å²) in [5.41, 5.74) is 1.33. The van der Waals surface area contributed by atoms with Crippen LogP contribution < -0.4 is 5.32 Å². The number of fused-ring (bicyclic) bond motifs is 2. The van der Waals surface area contributed by atoms with Gasteiger partial charge in [0, 0.05) is 24.4 Å². The van der Waals surface area contributed by atoms with Gasteiger partial charge in [0.2, 0.25) is 15.9 Å². The summed E-state index contributed by atoms with van der Waals surface area (Å²) < 4.78 is 25.6. The largest absolute Gasteiger partial charge is 0.300 e. The highest BCUT2D eigenvalue weighted by atomic mass is 32.2. The van der Waals surface area contributed by atoms with Crippen molar-refractivity contribution in [2.45, 2.75) is 19.9 Å². The third kappa shape index (κ3) is 3.56. The third-order valence-corrected chi connectivity index (χ3v) is 7.71. The van der Waals surface area contributed by atoms with Crippen LogP contribution in [0.15, 0.2) is 24.3 Å². The molecule has 3 amide bonds. The van der Waals surface area contributed by atoms with Gasteiger partial charge in [0.05, 0.1) is 22.6 Å². The Balaban J connectivity index is 1.43. The Morgan fingerprint density at radius 2 is 1.86 bits per heavy atom. The molecule has 1 aromatic carbocycles. The molecule has 0 saturated heterocycles. The number of carbonyl (C=O) groups excluding carboxylic acids is 3. The minimum Gasteiger partial charge on any atom is -0.300 e. The van der Waals surface area contributed by atoms with Crippen LogP contribution in [0.4, 0.5) is 5.13 Å². The third-order valence-electron chi connectivity index (χ3n) is 4.88. The quantitative estimate of drug-likeness (QED) is 0.704. The lowest BCUT2D eigenvalue weighted by Gasteiger charge is -2.24. The number of thiazole rings is 1. The van der Waals surface area contributed by atoms with E-state index in [4.69, 9.17) is 0 Å². The lowest BCUT2D eigenvalue weighted by Crippen LogP contribution is -2.37. The first-order valence-electron chi connectivity index (χ1n) is 9.01. The topological polar surface area (TPSA) is 117 Å². The highest BCUT2D eigenvalue weighted by Gasteiger charge is 2.36. The van der Waals surface area contributed by atoms with E-state index in [9.17, 15) is 22.8 Å². The zero-order valence-corrected chi connectivity index (χ0v) is 17.2. The molecule has 11 heteroatoms. The summed E-state index contributed by atoms with van der Waals surface area (Å²) in [6.45, 7) is 1.78. The number of imide groups is 1. The molecule has 2 aromatic rings. The second-order valence-corrected chi connectivity index (χ2v) is 10.0. The number of carbonyl (C=O) groups is 3. The monoisotopic (exact) mass is 434 g/mol. The molecular formula is C18H18N4O5S2. The molecule has 2 aliphatic rings. The second kappa shape index (κ2) is 7.32. The highest BCUT2D eigenvalue weighted by Crippen LogP contribution is 2.30. The molecule has 0 unspecified atom stereocenters. The van der Waals surface area contributed by atoms with E-state index >= 15 is 0 Å². The zero-order valence-electron chi connectivity index (χ0n) is 15.5. The van der Waals surface area contributed by atoms with Gasteiger partial charge in [0.25, 0.3) is 11.8 Å². The number of nitrogens with zero attached hydrogens (tertiary/aromatic N) is 3. The van der Waals surface area contributed by atoms with Gasteiger partial charge < -0.3 is 5.32 Å². The number of hydrogen-bond donors (Lipinski definition) is 1. The number of sulfonamides is 1. The van der Waals surface area contributed by atoms with Crippen molar-refractivity contribution >= 4 is 44.2 Å². The Hall–Kier alpha value is -2.63. The van der Waals surface area contributed by atoms with E-state index in [1.54, 1.807) is 31.2 Å². The maximum atomic E-state index is 12.4. The molecule has 1 N–H and O–H groups in total. The maximum absolute atomic E-state index is 12.4. The van der Waals surface area contributed by atoms with Gasteiger partial charge in [-0.25, -0.2) is 13.4 Å². The Kier molecular flexibility index (Phi) is 4.97. The summed E-state index contributed by atoms with van der Waals surface area (Å²) in [6, 6.07) is 6.43. The molecule has 29 heavy (non-hydrogen) atoms. The molecule has 0 radical (unpaired) electrons. The van der Waals surface area contributed by atoms with Crippen molar-refractivity contribution in [1.29, 1.82) is 0 Å². The van der Waals surface area contributed by atoms with E-state index in [0.29, 0.717) is 18.1 Å². The Morgan fingerprint density at radius 1 is 1.21 bits per heavy atom. The molecule has 1 aromatic heterocycles. The van der Waals surface area contributed by atoms with Crippen molar-refractivity contribution in [3.63, 3.8) is 0 Å². The molecule has 152 valence electrons. The first-order valence-corrected chi connectivity index (χ1v) is 11.4. The first kappa shape index (κ1) is 19.7. The SMILES string of the molecule is CCS(=O)(=O)N1CCc2nc(NC(=O)CN3C(=O)c4ccccc4C3=O)sc2C1. The zero-order chi connectivity index (χ0) is 20.8. The summed E-state index contributed by atoms with van der Waals surface area (Å²) >= 11 is 1.20. The normalized spacial score (nSPS) is 16.7. The van der Waals surface area contributed by atoms with Gasteiger partial charge in [-0.1, -0.05) is 12.1 Å². The summed E-state index contributed by atoms with van der Waals surface area (Å²) in [5, 5.41) is 2.94. The van der Waals surface area contributed by atoms with Crippen LogP contribution in [-0.2, 0) is 27.8 Å². The molecule has 9 nitrogen and oxygen atoms in total. The summed E-state index contributed by atoms with van der Waals surface area (Å²) in [6.07, 6.45) is 0.472. The standard InChI is InChI=1S/C18H18N4O5S2/c1-2-29(26,27)21-8-7-13-14(9-21)28-18(19-13)20-15(23)10-22-16(24)11-5-3-4-6-12(11)17(22)25/h3-6H,2,7-10H2,1H3,(H,19,20,23). The van der Waals surface area contributed by atoms with E-state index in [0.717, 1.165) is 15.5 Å². The van der Waals surface area contributed by atoms with Gasteiger partial charge >= 0.3 is 0 Å². The van der Waals surface area contributed by atoms with E-state index < -0.39 is 34.3 Å². The first-order chi connectivity index (χ1) is 13.8. The van der Waals surface area contributed by atoms with Crippen LogP contribution in [0.1, 0.15) is 38.2 Å². The summed E-state index contributed by atoms with van der Waals surface area (Å²) in [7, 11) is -3.29. The summed E-state index contributed by atoms with van der Waals surface area (Å²) in [5.74, 6) is -1.51. The van der Waals surface area contributed by atoms with Gasteiger partial charge in [-0.2, -0.15) is 4.31 Å². The molecule has 0 spiro atoms. The Morgan fingerprint density at radius 3 is 2.48 bits per heavy atom. The lowest BCUT2D eigenvalue weighted by molar-refractivity contribution is -0.116. The van der Waals surface area contributed by atoms with Gasteiger partial charge in [-0.05, 0) is 19.1 Å². The van der Waals surface area contributed by atoms with E-state index in [-0.39, 0.29) is 23.4 Å². The fraction of sp³-hybridized carbons (Fsp3) is 0.333. The highest BCUT2D eigenvalue weighted by molar-refractivity contribution is 7.89. The average molecular weight is 434 g/mol. The van der Waals surface area contributed by atoms with E-state index in [1.165, 1.54) is 15.6 Å². The average Bonchev–Trinajstić information content (AvgIpc) is 3.21. The van der Waals surface area contributed by atoms with E-state index in [2.05, 4.69) is 10.3 Å². The predicted molar refractivity (Wildman–Crippen MR) is 106 cm³/mol. The van der Waals surface area contributed by atoms with Crippen molar-refractivity contribution in [1.82, 2.24) is 14.2 Å². The molecule has 0 saturated carbocycles. The number of anilines is 1. The van der Waals surface area contributed by atoms with Crippen LogP contribution in [0.25, 0.3) is 0 Å². The maximum Gasteiger partial charge on any atom is 0.262 e. The van der Waals surface area contributed by atoms with Gasteiger partial charge in [0.15, 0.2) is 5.13 Å². The Bertz CT molecular complexity index is 1090. The summed E-state index contributed by atoms with van der Waals surface area (Å²) in [4.78, 5) is 43.2. The Labute approximate surface area is 171 Å². The minimum absolute atomic E-state index is 0.0327. The van der Waals surface area contributed by atoms with Crippen LogP contribution in [0.2, 0.25) is 0 Å². The number of rotatable bonds is 5. The van der Waals surface area contributed by atoms with Crippen LogP contribution in [-0.4, -0.2) is 59.2 Å². The molecule has 4 rings (SSSR count). The predicted octanol–water partition coefficient (Wildman–Crippen LogP) is 1.09. The minimum atomic E-state index is -3.29. The molecular weight excluding hydrogens is 416 g/mol. The van der Waals surface area contributed by atoms with Crippen molar-refractivity contribution in [2.24, 2.45) is 0 Å². The fourth-order valence-electron chi connectivity index (χ4n) is 3.33. The van der Waals surface area contributed by atoms with Gasteiger partial charge in [-0.3, -0.25) is 19.3 Å². The van der Waals surface area contributed by atoms with Crippen molar-refractivity contribution in [3.8, 4) is 0 Å². The van der Waals surface area contributed by atoms with Gasteiger partial charge in [0.1, 0.15) is 6.54 Å². The second-order valence-electron chi connectivity index (χ2n) is 6.66. The lowest BCUT2D eigenvalue weighted by atomic mass is 10.1. The van der Waals surface area contributed by atoms with Crippen molar-refractivity contribution in [2.75, 3.05) is 24.2 Å². The van der Waals surface area contributed by atoms with Crippen LogP contribution in [0.5, 0.6) is 0 Å². The van der Waals surface area contributed by atoms with E-state index in [1.807, 2.05) is 0 Å². The van der Waals surface area contributed by atoms with Crippen molar-refractivity contribution < 1.29 is 22.8 Å². The number of hydrogen-bond acceptors (Lipinski definition) is 7. The van der Waals surface area contributed by atoms with Crippen molar-refractivity contribution in [3.05, 3.63) is 46.0 Å². The molecule has 0 fully saturated rings. The number of aromatic nitrogens is 1. The molecule has 0 bridgehead atoms. The molecule has 3 heterocycles. The van der Waals surface area contributed by atoms with Crippen LogP contribution >= 0.6 is 11.3 Å². The van der Waals surface area contributed by atoms with Crippen LogP contribution in [0, 0.1) is 0 Å². The smallest absolute Gasteiger partial charge is 0.262 e. The fourth-order valence-corrected chi connectivity index (χ4v) is 5.51.